The summed E-state index contributed by atoms with van der Waals surface area (Å²) >= 11 is 0. The standard InChI is InChI=1S/C29H29F2N3O5/c30-20-8-6-18(22(31)11-20)12-32-28(37)21-13-33-14-24-34(29(38)25(33)27(36)26(21)35)23-9-7-17(10-19(23)15-39-24)16-4-2-1-3-5-16/h1-6,8,11,13,17,19,23-24,26,35-36H,7,9-10,12,14-15H2,(H,32,37)/t17-,19-,23-,24+,26?/m0/s1. The molecule has 3 fully saturated rings. The minimum Gasteiger partial charge on any atom is -0.507 e. The second-order valence-electron chi connectivity index (χ2n) is 10.5. The number of amides is 2. The number of fused-ring (bicyclic) bond motifs is 4. The van der Waals surface area contributed by atoms with E-state index in [1.54, 1.807) is 4.90 Å². The number of rotatable bonds is 4. The summed E-state index contributed by atoms with van der Waals surface area (Å²) in [7, 11) is 0. The first kappa shape index (κ1) is 25.5. The molecule has 4 aliphatic rings. The van der Waals surface area contributed by atoms with Crippen molar-refractivity contribution in [2.75, 3.05) is 13.2 Å². The molecule has 10 heteroatoms. The smallest absolute Gasteiger partial charge is 0.276 e. The predicted octanol–water partition coefficient (Wildman–Crippen LogP) is 3.06. The molecular weight excluding hydrogens is 508 g/mol. The van der Waals surface area contributed by atoms with Gasteiger partial charge in [0.2, 0.25) is 0 Å². The minimum absolute atomic E-state index is 0.0462. The van der Waals surface area contributed by atoms with Crippen LogP contribution in [0.3, 0.4) is 0 Å². The highest BCUT2D eigenvalue weighted by atomic mass is 19.1. The lowest BCUT2D eigenvalue weighted by atomic mass is 9.74. The van der Waals surface area contributed by atoms with Crippen LogP contribution in [0.4, 0.5) is 8.78 Å². The molecule has 1 unspecified atom stereocenters. The van der Waals surface area contributed by atoms with Crippen LogP contribution in [0, 0.1) is 17.6 Å². The van der Waals surface area contributed by atoms with Crippen molar-refractivity contribution < 1.29 is 33.3 Å². The number of hydrogen-bond donors (Lipinski definition) is 3. The third kappa shape index (κ3) is 4.57. The lowest BCUT2D eigenvalue weighted by Crippen LogP contribution is -2.65. The quantitative estimate of drug-likeness (QED) is 0.554. The van der Waals surface area contributed by atoms with Crippen molar-refractivity contribution in [2.45, 2.75) is 50.1 Å². The Morgan fingerprint density at radius 3 is 2.69 bits per heavy atom. The van der Waals surface area contributed by atoms with Gasteiger partial charge in [0.25, 0.3) is 11.8 Å². The van der Waals surface area contributed by atoms with Crippen LogP contribution in [0.2, 0.25) is 0 Å². The summed E-state index contributed by atoms with van der Waals surface area (Å²) in [5, 5.41) is 24.1. The predicted molar refractivity (Wildman–Crippen MR) is 136 cm³/mol. The van der Waals surface area contributed by atoms with Gasteiger partial charge in [-0.25, -0.2) is 8.78 Å². The van der Waals surface area contributed by atoms with E-state index in [1.807, 2.05) is 18.2 Å². The fraction of sp³-hybridized carbons (Fsp3) is 0.379. The van der Waals surface area contributed by atoms with Gasteiger partial charge in [-0.05, 0) is 36.8 Å². The average molecular weight is 538 g/mol. The van der Waals surface area contributed by atoms with Gasteiger partial charge < -0.3 is 30.1 Å². The van der Waals surface area contributed by atoms with Gasteiger partial charge in [0.05, 0.1) is 18.7 Å². The molecule has 1 saturated carbocycles. The number of piperazine rings is 1. The summed E-state index contributed by atoms with van der Waals surface area (Å²) in [5.74, 6) is -2.82. The van der Waals surface area contributed by atoms with E-state index < -0.39 is 41.5 Å². The van der Waals surface area contributed by atoms with Crippen LogP contribution in [-0.2, 0) is 20.9 Å². The number of halogens is 2. The summed E-state index contributed by atoms with van der Waals surface area (Å²) in [4.78, 5) is 29.7. The van der Waals surface area contributed by atoms with Crippen molar-refractivity contribution in [2.24, 2.45) is 5.92 Å². The summed E-state index contributed by atoms with van der Waals surface area (Å²) < 4.78 is 33.3. The monoisotopic (exact) mass is 537 g/mol. The van der Waals surface area contributed by atoms with Gasteiger partial charge in [-0.15, -0.1) is 0 Å². The number of aliphatic hydroxyl groups is 2. The molecule has 6 rings (SSSR count). The van der Waals surface area contributed by atoms with E-state index in [2.05, 4.69) is 17.4 Å². The number of aliphatic hydroxyl groups excluding tert-OH is 2. The molecule has 0 bridgehead atoms. The van der Waals surface area contributed by atoms with Crippen molar-refractivity contribution in [3.63, 3.8) is 0 Å². The van der Waals surface area contributed by atoms with E-state index in [9.17, 15) is 28.6 Å². The molecule has 3 N–H and O–H groups in total. The van der Waals surface area contributed by atoms with Gasteiger partial charge in [0, 0.05) is 36.3 Å². The molecule has 8 nitrogen and oxygen atoms in total. The number of benzene rings is 2. The van der Waals surface area contributed by atoms with E-state index in [4.69, 9.17) is 4.74 Å². The second-order valence-corrected chi connectivity index (χ2v) is 10.5. The Labute approximate surface area is 224 Å². The Morgan fingerprint density at radius 1 is 1.13 bits per heavy atom. The molecule has 2 aromatic carbocycles. The zero-order valence-electron chi connectivity index (χ0n) is 21.1. The van der Waals surface area contributed by atoms with Gasteiger partial charge in [0.1, 0.15) is 23.4 Å². The maximum atomic E-state index is 14.0. The van der Waals surface area contributed by atoms with Crippen LogP contribution in [0.1, 0.15) is 36.3 Å². The third-order valence-electron chi connectivity index (χ3n) is 8.27. The molecule has 3 aliphatic heterocycles. The maximum absolute atomic E-state index is 14.0. The molecular formula is C29H29F2N3O5. The molecule has 5 atom stereocenters. The van der Waals surface area contributed by atoms with E-state index in [0.29, 0.717) is 18.6 Å². The SMILES string of the molecule is O=C(NCc1ccc(F)cc1F)C1=CN2C[C@H]3OC[C@@H]4C[C@@H](c5ccccc5)CC[C@@H]4N3C(=O)C2=C(O)C1O. The Kier molecular flexibility index (Phi) is 6.60. The number of nitrogens with one attached hydrogen (secondary N) is 1. The van der Waals surface area contributed by atoms with Crippen LogP contribution in [0.5, 0.6) is 0 Å². The molecule has 0 spiro atoms. The molecule has 0 aromatic heterocycles. The fourth-order valence-corrected chi connectivity index (χ4v) is 6.29. The van der Waals surface area contributed by atoms with E-state index in [1.165, 1.54) is 22.7 Å². The average Bonchev–Trinajstić information content (AvgIpc) is 2.94. The molecule has 39 heavy (non-hydrogen) atoms. The van der Waals surface area contributed by atoms with Gasteiger partial charge in [-0.2, -0.15) is 0 Å². The highest BCUT2D eigenvalue weighted by Gasteiger charge is 2.50. The van der Waals surface area contributed by atoms with Gasteiger partial charge >= 0.3 is 0 Å². The molecule has 2 aromatic rings. The first-order chi connectivity index (χ1) is 18.8. The Hall–Kier alpha value is -3.76. The van der Waals surface area contributed by atoms with Crippen molar-refractivity contribution in [1.82, 2.24) is 15.1 Å². The normalized spacial score (nSPS) is 28.3. The van der Waals surface area contributed by atoms with Crippen molar-refractivity contribution >= 4 is 11.8 Å². The van der Waals surface area contributed by atoms with Gasteiger partial charge in [-0.3, -0.25) is 9.59 Å². The number of nitrogens with zero attached hydrogens (tertiary/aromatic N) is 2. The van der Waals surface area contributed by atoms with E-state index >= 15 is 0 Å². The molecule has 1 aliphatic carbocycles. The summed E-state index contributed by atoms with van der Waals surface area (Å²) in [6, 6.07) is 13.3. The highest BCUT2D eigenvalue weighted by Crippen LogP contribution is 2.44. The lowest BCUT2D eigenvalue weighted by Gasteiger charge is -2.53. The topological polar surface area (TPSA) is 102 Å². The zero-order valence-corrected chi connectivity index (χ0v) is 21.1. The number of hydrogen-bond acceptors (Lipinski definition) is 6. The third-order valence-corrected chi connectivity index (χ3v) is 8.27. The maximum Gasteiger partial charge on any atom is 0.276 e. The number of carbonyl (C=O) groups is 2. The Morgan fingerprint density at radius 2 is 1.92 bits per heavy atom. The van der Waals surface area contributed by atoms with E-state index in [-0.39, 0.29) is 41.9 Å². The molecule has 3 heterocycles. The molecule has 0 radical (unpaired) electrons. The van der Waals surface area contributed by atoms with E-state index in [0.717, 1.165) is 25.3 Å². The summed E-state index contributed by atoms with van der Waals surface area (Å²) in [6.07, 6.45) is 1.65. The Balaban J connectivity index is 1.18. The summed E-state index contributed by atoms with van der Waals surface area (Å²) in [6.45, 7) is 0.439. The van der Waals surface area contributed by atoms with Crippen LogP contribution >= 0.6 is 0 Å². The molecule has 2 amide bonds. The fourth-order valence-electron chi connectivity index (χ4n) is 6.29. The highest BCUT2D eigenvalue weighted by molar-refractivity contribution is 5.99. The molecule has 2 saturated heterocycles. The van der Waals surface area contributed by atoms with Crippen LogP contribution in [-0.4, -0.2) is 63.4 Å². The largest absolute Gasteiger partial charge is 0.507 e. The van der Waals surface area contributed by atoms with Crippen LogP contribution in [0.15, 0.2) is 71.8 Å². The second kappa shape index (κ2) is 10.1. The number of ether oxygens (including phenoxy) is 1. The number of carbonyl (C=O) groups excluding carboxylic acids is 2. The first-order valence-corrected chi connectivity index (χ1v) is 13.1. The summed E-state index contributed by atoms with van der Waals surface area (Å²) in [5.41, 5.74) is 1.07. The van der Waals surface area contributed by atoms with Crippen molar-refractivity contribution in [3.8, 4) is 0 Å². The zero-order chi connectivity index (χ0) is 27.3. The molecule has 204 valence electrons. The van der Waals surface area contributed by atoms with Gasteiger partial charge in [-0.1, -0.05) is 36.4 Å². The van der Waals surface area contributed by atoms with Crippen molar-refractivity contribution in [3.05, 3.63) is 94.5 Å². The van der Waals surface area contributed by atoms with Crippen LogP contribution in [0.25, 0.3) is 0 Å². The lowest BCUT2D eigenvalue weighted by molar-refractivity contribution is -0.189. The van der Waals surface area contributed by atoms with Crippen LogP contribution < -0.4 is 5.32 Å². The van der Waals surface area contributed by atoms with Crippen molar-refractivity contribution in [1.29, 1.82) is 0 Å². The first-order valence-electron chi connectivity index (χ1n) is 13.1. The Bertz CT molecular complexity index is 1360. The van der Waals surface area contributed by atoms with Gasteiger partial charge in [0.15, 0.2) is 12.0 Å². The minimum atomic E-state index is -1.73.